The maximum Gasteiger partial charge on any atom is 0.142 e. The molecule has 0 amide bonds. The molecule has 2 rings (SSSR count). The Kier molecular flexibility index (Phi) is 2.75. The first-order valence-electron chi connectivity index (χ1n) is 4.60. The molecule has 0 saturated carbocycles. The summed E-state index contributed by atoms with van der Waals surface area (Å²) in [6, 6.07) is 1.82. The van der Waals surface area contributed by atoms with E-state index in [0.29, 0.717) is 0 Å². The minimum atomic E-state index is -0.473. The number of hydrogen-bond donors (Lipinski definition) is 1. The van der Waals surface area contributed by atoms with Gasteiger partial charge in [0, 0.05) is 12.4 Å². The monoisotopic (exact) mass is 221 g/mol. The van der Waals surface area contributed by atoms with E-state index in [9.17, 15) is 5.11 Å². The number of aryl methyl sites for hydroxylation is 1. The Morgan fingerprint density at radius 1 is 1.40 bits per heavy atom. The fourth-order valence-corrected chi connectivity index (χ4v) is 2.00. The van der Waals surface area contributed by atoms with Crippen molar-refractivity contribution in [2.75, 3.05) is 0 Å². The van der Waals surface area contributed by atoms with Crippen molar-refractivity contribution in [2.45, 2.75) is 20.0 Å². The summed E-state index contributed by atoms with van der Waals surface area (Å²) in [6.45, 7) is 3.56. The highest BCUT2D eigenvalue weighted by atomic mass is 32.1. The van der Waals surface area contributed by atoms with Gasteiger partial charge in [-0.3, -0.25) is 0 Å². The molecule has 0 fully saturated rings. The van der Waals surface area contributed by atoms with Crippen LogP contribution in [0.15, 0.2) is 18.5 Å². The van der Waals surface area contributed by atoms with Crippen molar-refractivity contribution >= 4 is 11.3 Å². The van der Waals surface area contributed by atoms with Crippen LogP contribution in [-0.2, 0) is 0 Å². The lowest BCUT2D eigenvalue weighted by Gasteiger charge is -1.97. The van der Waals surface area contributed by atoms with Gasteiger partial charge in [0.25, 0.3) is 0 Å². The van der Waals surface area contributed by atoms with E-state index >= 15 is 0 Å². The van der Waals surface area contributed by atoms with Crippen LogP contribution in [0.4, 0.5) is 0 Å². The van der Waals surface area contributed by atoms with Crippen molar-refractivity contribution in [3.05, 3.63) is 29.2 Å². The minimum absolute atomic E-state index is 0.473. The van der Waals surface area contributed by atoms with Gasteiger partial charge in [0.2, 0.25) is 0 Å². The molecule has 0 aliphatic heterocycles. The van der Waals surface area contributed by atoms with Crippen molar-refractivity contribution in [3.8, 4) is 10.7 Å². The maximum atomic E-state index is 9.38. The van der Waals surface area contributed by atoms with Gasteiger partial charge in [-0.15, -0.1) is 11.3 Å². The van der Waals surface area contributed by atoms with Gasteiger partial charge in [0.1, 0.15) is 16.5 Å². The van der Waals surface area contributed by atoms with Crippen LogP contribution in [0.25, 0.3) is 10.7 Å². The fraction of sp³-hybridized carbons (Fsp3) is 0.300. The Labute approximate surface area is 91.7 Å². The third-order valence-corrected chi connectivity index (χ3v) is 3.12. The van der Waals surface area contributed by atoms with E-state index in [-0.39, 0.29) is 0 Å². The SMILES string of the molecule is Cc1nccc(-c2ncc(C(C)O)s2)n1. The molecule has 1 atom stereocenters. The number of aliphatic hydroxyl groups excluding tert-OH is 1. The van der Waals surface area contributed by atoms with Crippen molar-refractivity contribution in [1.82, 2.24) is 15.0 Å². The van der Waals surface area contributed by atoms with Crippen LogP contribution in [0, 0.1) is 6.92 Å². The standard InChI is InChI=1S/C10H11N3OS/c1-6(14)9-5-12-10(15-9)8-3-4-11-7(2)13-8/h3-6,14H,1-2H3. The molecule has 0 radical (unpaired) electrons. The molecule has 2 aromatic rings. The van der Waals surface area contributed by atoms with Gasteiger partial charge >= 0.3 is 0 Å². The van der Waals surface area contributed by atoms with Crippen LogP contribution >= 0.6 is 11.3 Å². The highest BCUT2D eigenvalue weighted by Gasteiger charge is 2.09. The molecule has 2 aromatic heterocycles. The number of rotatable bonds is 2. The molecule has 1 unspecified atom stereocenters. The summed E-state index contributed by atoms with van der Waals surface area (Å²) in [4.78, 5) is 13.4. The lowest BCUT2D eigenvalue weighted by molar-refractivity contribution is 0.203. The quantitative estimate of drug-likeness (QED) is 0.842. The Hall–Kier alpha value is -1.33. The Balaban J connectivity index is 2.37. The lowest BCUT2D eigenvalue weighted by Crippen LogP contribution is -1.88. The third kappa shape index (κ3) is 2.19. The highest BCUT2D eigenvalue weighted by Crippen LogP contribution is 2.26. The summed E-state index contributed by atoms with van der Waals surface area (Å²) < 4.78 is 0. The molecule has 0 spiro atoms. The van der Waals surface area contributed by atoms with Gasteiger partial charge in [-0.05, 0) is 19.9 Å². The van der Waals surface area contributed by atoms with Crippen molar-refractivity contribution in [1.29, 1.82) is 0 Å². The van der Waals surface area contributed by atoms with Crippen LogP contribution in [0.5, 0.6) is 0 Å². The van der Waals surface area contributed by atoms with Crippen molar-refractivity contribution < 1.29 is 5.11 Å². The minimum Gasteiger partial charge on any atom is -0.388 e. The molecular formula is C10H11N3OS. The van der Waals surface area contributed by atoms with Crippen LogP contribution in [0.3, 0.4) is 0 Å². The first-order valence-corrected chi connectivity index (χ1v) is 5.42. The molecule has 2 heterocycles. The summed E-state index contributed by atoms with van der Waals surface area (Å²) in [7, 11) is 0. The smallest absolute Gasteiger partial charge is 0.142 e. The van der Waals surface area contributed by atoms with Gasteiger partial charge < -0.3 is 5.11 Å². The Bertz CT molecular complexity index is 467. The molecule has 78 valence electrons. The first kappa shape index (κ1) is 10.2. The zero-order chi connectivity index (χ0) is 10.8. The molecule has 0 bridgehead atoms. The topological polar surface area (TPSA) is 58.9 Å². The van der Waals surface area contributed by atoms with E-state index in [1.165, 1.54) is 11.3 Å². The predicted molar refractivity (Wildman–Crippen MR) is 58.5 cm³/mol. The zero-order valence-corrected chi connectivity index (χ0v) is 9.32. The van der Waals surface area contributed by atoms with Gasteiger partial charge in [-0.25, -0.2) is 15.0 Å². The number of aromatic nitrogens is 3. The molecule has 5 heteroatoms. The molecule has 1 N–H and O–H groups in total. The summed E-state index contributed by atoms with van der Waals surface area (Å²) in [5.41, 5.74) is 0.805. The van der Waals surface area contributed by atoms with Crippen LogP contribution in [0.2, 0.25) is 0 Å². The molecule has 15 heavy (non-hydrogen) atoms. The van der Waals surface area contributed by atoms with E-state index in [2.05, 4.69) is 15.0 Å². The average molecular weight is 221 g/mol. The normalized spacial score (nSPS) is 12.7. The maximum absolute atomic E-state index is 9.38. The second-order valence-corrected chi connectivity index (χ2v) is 4.30. The van der Waals surface area contributed by atoms with Crippen molar-refractivity contribution in [2.24, 2.45) is 0 Å². The largest absolute Gasteiger partial charge is 0.388 e. The van der Waals surface area contributed by atoms with Gasteiger partial charge in [-0.2, -0.15) is 0 Å². The van der Waals surface area contributed by atoms with Crippen LogP contribution < -0.4 is 0 Å². The average Bonchev–Trinajstić information content (AvgIpc) is 2.66. The summed E-state index contributed by atoms with van der Waals surface area (Å²) >= 11 is 1.45. The molecule has 0 saturated heterocycles. The lowest BCUT2D eigenvalue weighted by atomic mass is 10.4. The Morgan fingerprint density at radius 3 is 2.80 bits per heavy atom. The summed E-state index contributed by atoms with van der Waals surface area (Å²) in [5.74, 6) is 0.723. The number of aliphatic hydroxyl groups is 1. The molecule has 0 aromatic carbocycles. The Morgan fingerprint density at radius 2 is 2.20 bits per heavy atom. The van der Waals surface area contributed by atoms with E-state index in [0.717, 1.165) is 21.4 Å². The summed E-state index contributed by atoms with van der Waals surface area (Å²) in [6.07, 6.45) is 2.92. The van der Waals surface area contributed by atoms with E-state index in [1.54, 1.807) is 19.3 Å². The zero-order valence-electron chi connectivity index (χ0n) is 8.51. The fourth-order valence-electron chi connectivity index (χ4n) is 1.17. The van der Waals surface area contributed by atoms with Gasteiger partial charge in [0.15, 0.2) is 0 Å². The molecule has 4 nitrogen and oxygen atoms in total. The number of nitrogens with zero attached hydrogens (tertiary/aromatic N) is 3. The predicted octanol–water partition coefficient (Wildman–Crippen LogP) is 1.96. The van der Waals surface area contributed by atoms with Crippen molar-refractivity contribution in [3.63, 3.8) is 0 Å². The highest BCUT2D eigenvalue weighted by molar-refractivity contribution is 7.15. The van der Waals surface area contributed by atoms with Gasteiger partial charge in [0.05, 0.1) is 11.0 Å². The van der Waals surface area contributed by atoms with Crippen LogP contribution in [-0.4, -0.2) is 20.1 Å². The van der Waals surface area contributed by atoms with E-state index in [4.69, 9.17) is 0 Å². The number of thiazole rings is 1. The molecule has 0 aliphatic rings. The van der Waals surface area contributed by atoms with E-state index < -0.39 is 6.10 Å². The third-order valence-electron chi connectivity index (χ3n) is 1.93. The second-order valence-electron chi connectivity index (χ2n) is 3.23. The van der Waals surface area contributed by atoms with E-state index in [1.807, 2.05) is 13.0 Å². The second kappa shape index (κ2) is 4.04. The van der Waals surface area contributed by atoms with Crippen LogP contribution in [0.1, 0.15) is 23.7 Å². The first-order chi connectivity index (χ1) is 7.16. The van der Waals surface area contributed by atoms with Gasteiger partial charge in [-0.1, -0.05) is 0 Å². The summed E-state index contributed by atoms with van der Waals surface area (Å²) in [5, 5.41) is 10.2. The molecule has 0 aliphatic carbocycles. The molecular weight excluding hydrogens is 210 g/mol. The number of hydrogen-bond acceptors (Lipinski definition) is 5.